The number of phenols is 1. The van der Waals surface area contributed by atoms with Gasteiger partial charge in [-0.15, -0.1) is 0 Å². The molecule has 0 bridgehead atoms. The molecule has 4 aromatic rings. The Morgan fingerprint density at radius 1 is 0.642 bits per heavy atom. The average molecular weight is 976 g/mol. The number of benzene rings is 4. The minimum atomic E-state index is -4.33. The highest BCUT2D eigenvalue weighted by Crippen LogP contribution is 2.33. The molecule has 0 radical (unpaired) electrons. The summed E-state index contributed by atoms with van der Waals surface area (Å²) in [6, 6.07) is 25.5. The highest BCUT2D eigenvalue weighted by molar-refractivity contribution is 14.1. The third-order valence-electron chi connectivity index (χ3n) is 6.09. The Morgan fingerprint density at radius 3 is 1.45 bits per heavy atom. The normalized spacial score (nSPS) is 10.8. The third kappa shape index (κ3) is 19.6. The molecule has 4 rings (SSSR count). The molecule has 0 unspecified atom stereocenters. The molecule has 0 aromatic heterocycles. The van der Waals surface area contributed by atoms with Crippen LogP contribution in [0.4, 0.5) is 35.9 Å². The lowest BCUT2D eigenvalue weighted by atomic mass is 10.0. The molecule has 0 saturated heterocycles. The van der Waals surface area contributed by atoms with E-state index in [9.17, 15) is 35.9 Å². The molecular formula is C36H36F6I2N2O7. The average Bonchev–Trinajstić information content (AvgIpc) is 3.10. The van der Waals surface area contributed by atoms with E-state index in [0.717, 1.165) is 19.3 Å². The highest BCUT2D eigenvalue weighted by Gasteiger charge is 2.33. The summed E-state index contributed by atoms with van der Waals surface area (Å²) in [5, 5.41) is 23.3. The number of alkyl halides is 6. The van der Waals surface area contributed by atoms with E-state index in [0.29, 0.717) is 11.5 Å². The fourth-order valence-corrected chi connectivity index (χ4v) is 4.75. The number of azo groups is 1. The molecule has 0 aliphatic carbocycles. The van der Waals surface area contributed by atoms with E-state index in [4.69, 9.17) is 14.9 Å². The maximum absolute atomic E-state index is 12.8. The van der Waals surface area contributed by atoms with Crippen LogP contribution in [-0.4, -0.2) is 48.8 Å². The number of carbonyl (C=O) groups is 2. The molecule has 0 atom stereocenters. The van der Waals surface area contributed by atoms with Crippen LogP contribution in [0.25, 0.3) is 0 Å². The van der Waals surface area contributed by atoms with Crippen molar-refractivity contribution in [3.63, 3.8) is 0 Å². The molecule has 0 heterocycles. The van der Waals surface area contributed by atoms with Crippen molar-refractivity contribution in [3.05, 3.63) is 126 Å². The predicted octanol–water partition coefficient (Wildman–Crippen LogP) is 10.9. The van der Waals surface area contributed by atoms with Gasteiger partial charge >= 0.3 is 24.5 Å². The van der Waals surface area contributed by atoms with Crippen molar-refractivity contribution in [3.8, 4) is 11.5 Å². The lowest BCUT2D eigenvalue weighted by Gasteiger charge is -2.13. The van der Waals surface area contributed by atoms with Crippen molar-refractivity contribution in [2.75, 3.05) is 26.4 Å². The van der Waals surface area contributed by atoms with Gasteiger partial charge in [-0.3, -0.25) is 0 Å². The minimum absolute atomic E-state index is 0.0374. The summed E-state index contributed by atoms with van der Waals surface area (Å²) < 4.78 is 91.4. The van der Waals surface area contributed by atoms with E-state index < -0.39 is 35.7 Å². The Bertz CT molecular complexity index is 1680. The largest absolute Gasteiger partial charge is 0.507 e. The van der Waals surface area contributed by atoms with Gasteiger partial charge in [0.25, 0.3) is 0 Å². The van der Waals surface area contributed by atoms with Crippen molar-refractivity contribution in [2.45, 2.75) is 39.0 Å². The van der Waals surface area contributed by atoms with Gasteiger partial charge in [-0.05, 0) is 113 Å². The Labute approximate surface area is 329 Å². The van der Waals surface area contributed by atoms with Gasteiger partial charge in [-0.1, -0.05) is 70.9 Å². The van der Waals surface area contributed by atoms with Crippen LogP contribution >= 0.6 is 45.2 Å². The Hall–Kier alpha value is -3.98. The van der Waals surface area contributed by atoms with Crippen LogP contribution in [0.5, 0.6) is 11.5 Å². The van der Waals surface area contributed by atoms with Crippen LogP contribution in [0.3, 0.4) is 0 Å². The zero-order chi connectivity index (χ0) is 39.9. The number of aliphatic hydroxyl groups excluding tert-OH is 1. The molecule has 0 spiro atoms. The molecule has 9 nitrogen and oxygen atoms in total. The second kappa shape index (κ2) is 25.1. The van der Waals surface area contributed by atoms with Crippen LogP contribution in [-0.2, 0) is 34.7 Å². The molecule has 2 amide bonds. The summed E-state index contributed by atoms with van der Waals surface area (Å²) in [5.41, 5.74) is -0.862. The number of hydrogen-bond donors (Lipinski definition) is 2. The van der Waals surface area contributed by atoms with Crippen LogP contribution in [0.15, 0.2) is 107 Å². The standard InChI is InChI=1S/C15H12F3IO.C9H9F3O.C6H5IO.C6H10N2O4/c16-15(17,18)12-6-2-1-5-11(12)9-10-20-14-8-4-3-7-13(14)19;10-9(11,12)8-4-2-1-3-7(8)5-6-13;7-5-3-1-2-4-6(5)8;1-3-11-5(9)7-8-6(10)12-4-2/h1-8H,9-10H2;1-4,13H,5-6H2;1-4,8H;3-4H2,1-2H3. The molecule has 0 aliphatic rings. The smallest absolute Gasteiger partial charge is 0.452 e. The van der Waals surface area contributed by atoms with Crippen LogP contribution in [0.2, 0.25) is 0 Å². The number of ether oxygens (including phenoxy) is 3. The number of nitrogens with zero attached hydrogens (tertiary/aromatic N) is 2. The van der Waals surface area contributed by atoms with Crippen LogP contribution < -0.4 is 4.74 Å². The molecule has 53 heavy (non-hydrogen) atoms. The first kappa shape index (κ1) is 47.0. The van der Waals surface area contributed by atoms with E-state index in [1.54, 1.807) is 38.1 Å². The zero-order valence-corrected chi connectivity index (χ0v) is 32.6. The number of para-hydroxylation sites is 2. The summed E-state index contributed by atoms with van der Waals surface area (Å²) in [4.78, 5) is 20.9. The molecule has 288 valence electrons. The van der Waals surface area contributed by atoms with Crippen molar-refractivity contribution in [1.82, 2.24) is 0 Å². The molecule has 17 heteroatoms. The van der Waals surface area contributed by atoms with E-state index >= 15 is 0 Å². The number of phenolic OH excluding ortho intramolecular Hbond substituents is 1. The van der Waals surface area contributed by atoms with E-state index in [-0.39, 0.29) is 50.4 Å². The van der Waals surface area contributed by atoms with Gasteiger partial charge in [0.1, 0.15) is 11.5 Å². The lowest BCUT2D eigenvalue weighted by Crippen LogP contribution is -2.11. The highest BCUT2D eigenvalue weighted by atomic mass is 127. The van der Waals surface area contributed by atoms with Gasteiger partial charge in [0.2, 0.25) is 0 Å². The molecule has 0 aliphatic heterocycles. The van der Waals surface area contributed by atoms with Gasteiger partial charge < -0.3 is 24.4 Å². The Balaban J connectivity index is 0.000000373. The van der Waals surface area contributed by atoms with Gasteiger partial charge in [-0.25, -0.2) is 9.59 Å². The van der Waals surface area contributed by atoms with Crippen molar-refractivity contribution < 1.29 is 60.4 Å². The number of halogens is 8. The maximum atomic E-state index is 12.8. The van der Waals surface area contributed by atoms with E-state index in [1.807, 2.05) is 30.3 Å². The summed E-state index contributed by atoms with van der Waals surface area (Å²) in [7, 11) is 0. The topological polar surface area (TPSA) is 127 Å². The Morgan fingerprint density at radius 2 is 1.06 bits per heavy atom. The first-order valence-electron chi connectivity index (χ1n) is 15.5. The number of aliphatic hydroxyl groups is 1. The second-order valence-corrected chi connectivity index (χ2v) is 12.2. The zero-order valence-electron chi connectivity index (χ0n) is 28.3. The van der Waals surface area contributed by atoms with Gasteiger partial charge in [0.15, 0.2) is 0 Å². The summed E-state index contributed by atoms with van der Waals surface area (Å²) in [5.74, 6) is 1.05. The first-order chi connectivity index (χ1) is 25.0. The molecule has 0 fully saturated rings. The van der Waals surface area contributed by atoms with Gasteiger partial charge in [-0.2, -0.15) is 26.3 Å². The monoisotopic (exact) mass is 976 g/mol. The maximum Gasteiger partial charge on any atom is 0.452 e. The van der Waals surface area contributed by atoms with Crippen molar-refractivity contribution in [2.24, 2.45) is 10.2 Å². The van der Waals surface area contributed by atoms with E-state index in [2.05, 4.69) is 64.9 Å². The summed E-state index contributed by atoms with van der Waals surface area (Å²) in [6.45, 7) is 3.58. The van der Waals surface area contributed by atoms with Gasteiger partial charge in [0, 0.05) is 13.0 Å². The lowest BCUT2D eigenvalue weighted by molar-refractivity contribution is -0.139. The molecule has 4 aromatic carbocycles. The van der Waals surface area contributed by atoms with Crippen molar-refractivity contribution in [1.29, 1.82) is 0 Å². The minimum Gasteiger partial charge on any atom is -0.507 e. The van der Waals surface area contributed by atoms with Gasteiger partial charge in [0.05, 0.1) is 38.1 Å². The molecule has 2 N–H and O–H groups in total. The third-order valence-corrected chi connectivity index (χ3v) is 7.90. The predicted molar refractivity (Wildman–Crippen MR) is 202 cm³/mol. The number of rotatable bonds is 8. The number of aromatic hydroxyl groups is 1. The summed E-state index contributed by atoms with van der Waals surface area (Å²) in [6.07, 6.45) is -10.2. The number of amides is 2. The number of carbonyl (C=O) groups excluding carboxylic acids is 2. The fraction of sp³-hybridized carbons (Fsp3) is 0.278. The fourth-order valence-electron chi connectivity index (χ4n) is 3.82. The number of hydrogen-bond acceptors (Lipinski definition) is 7. The molecule has 0 saturated carbocycles. The quantitative estimate of drug-likeness (QED) is 0.102. The van der Waals surface area contributed by atoms with Crippen molar-refractivity contribution >= 4 is 57.4 Å². The summed E-state index contributed by atoms with van der Waals surface area (Å²) >= 11 is 4.20. The SMILES string of the molecule is CCOC(=O)N=NC(=O)OCC.FC(F)(F)c1ccccc1CCOc1ccccc1I.OCCc1ccccc1C(F)(F)F.Oc1ccccc1I. The Kier molecular flexibility index (Phi) is 22.3. The second-order valence-electron chi connectivity index (χ2n) is 9.86. The van der Waals surface area contributed by atoms with Crippen LogP contribution in [0, 0.1) is 7.14 Å². The van der Waals surface area contributed by atoms with Crippen LogP contribution in [0.1, 0.15) is 36.1 Å². The first-order valence-corrected chi connectivity index (χ1v) is 17.7. The van der Waals surface area contributed by atoms with E-state index in [1.165, 1.54) is 30.3 Å². The molecular weight excluding hydrogens is 940 g/mol.